The third-order valence-corrected chi connectivity index (χ3v) is 4.38. The molecule has 6 nitrogen and oxygen atoms in total. The number of carbonyl (C=O) groups is 1. The minimum absolute atomic E-state index is 0.161. The van der Waals surface area contributed by atoms with E-state index in [0.29, 0.717) is 18.9 Å². The van der Waals surface area contributed by atoms with Crippen LogP contribution in [0.25, 0.3) is 11.1 Å². The van der Waals surface area contributed by atoms with Crippen molar-refractivity contribution in [2.75, 3.05) is 20.3 Å². The Bertz CT molecular complexity index is 814. The van der Waals surface area contributed by atoms with Gasteiger partial charge in [-0.05, 0) is 38.8 Å². The van der Waals surface area contributed by atoms with Gasteiger partial charge in [0.05, 0.1) is 19.9 Å². The zero-order chi connectivity index (χ0) is 19.4. The number of ether oxygens (including phenoxy) is 3. The number of alkyl carbamates (subject to hydrolysis) is 1. The first-order valence-electron chi connectivity index (χ1n) is 9.10. The van der Waals surface area contributed by atoms with Crippen LogP contribution >= 0.6 is 0 Å². The highest BCUT2D eigenvalue weighted by Gasteiger charge is 2.26. The van der Waals surface area contributed by atoms with Crippen LogP contribution in [-0.4, -0.2) is 36.9 Å². The summed E-state index contributed by atoms with van der Waals surface area (Å²) in [4.78, 5) is 16.1. The van der Waals surface area contributed by atoms with Gasteiger partial charge in [0.15, 0.2) is 0 Å². The Morgan fingerprint density at radius 3 is 2.85 bits per heavy atom. The van der Waals surface area contributed by atoms with Gasteiger partial charge < -0.3 is 19.5 Å². The molecule has 0 aliphatic carbocycles. The summed E-state index contributed by atoms with van der Waals surface area (Å²) in [7, 11) is 1.63. The smallest absolute Gasteiger partial charge is 0.407 e. The molecule has 27 heavy (non-hydrogen) atoms. The van der Waals surface area contributed by atoms with Gasteiger partial charge in [-0.3, -0.25) is 4.98 Å². The highest BCUT2D eigenvalue weighted by Crippen LogP contribution is 2.43. The summed E-state index contributed by atoms with van der Waals surface area (Å²) in [5.41, 5.74) is 2.47. The number of para-hydroxylation sites is 1. The van der Waals surface area contributed by atoms with E-state index in [1.165, 1.54) is 0 Å². The molecule has 0 spiro atoms. The van der Waals surface area contributed by atoms with Crippen LogP contribution in [-0.2, 0) is 4.74 Å². The molecule has 144 valence electrons. The van der Waals surface area contributed by atoms with Crippen LogP contribution in [0.5, 0.6) is 11.5 Å². The summed E-state index contributed by atoms with van der Waals surface area (Å²) in [6.07, 6.45) is 3.86. The van der Waals surface area contributed by atoms with Gasteiger partial charge >= 0.3 is 6.09 Å². The lowest BCUT2D eigenvalue weighted by Crippen LogP contribution is -2.35. The number of hydrogen-bond acceptors (Lipinski definition) is 5. The summed E-state index contributed by atoms with van der Waals surface area (Å²) >= 11 is 0. The zero-order valence-electron chi connectivity index (χ0n) is 16.2. The Morgan fingerprint density at radius 1 is 1.30 bits per heavy atom. The monoisotopic (exact) mass is 370 g/mol. The highest BCUT2D eigenvalue weighted by molar-refractivity contribution is 5.77. The van der Waals surface area contributed by atoms with Crippen LogP contribution in [0.15, 0.2) is 36.7 Å². The SMILES string of the molecule is COc1cnccc1-c1cccc2c1OCC[C@H]2CNC(=O)OC(C)(C)C. The molecule has 0 bridgehead atoms. The van der Waals surface area contributed by atoms with E-state index < -0.39 is 11.7 Å². The average molecular weight is 370 g/mol. The largest absolute Gasteiger partial charge is 0.494 e. The van der Waals surface area contributed by atoms with Crippen LogP contribution in [0, 0.1) is 0 Å². The predicted molar refractivity (Wildman–Crippen MR) is 103 cm³/mol. The quantitative estimate of drug-likeness (QED) is 0.876. The highest BCUT2D eigenvalue weighted by atomic mass is 16.6. The summed E-state index contributed by atoms with van der Waals surface area (Å²) in [6, 6.07) is 7.98. The van der Waals surface area contributed by atoms with Gasteiger partial charge in [-0.2, -0.15) is 0 Å². The van der Waals surface area contributed by atoms with Crippen molar-refractivity contribution < 1.29 is 19.0 Å². The summed E-state index contributed by atoms with van der Waals surface area (Å²) in [5.74, 6) is 1.70. The molecule has 1 aromatic carbocycles. The molecule has 0 saturated heterocycles. The van der Waals surface area contributed by atoms with Gasteiger partial charge in [0.2, 0.25) is 0 Å². The first kappa shape index (κ1) is 19.0. The molecule has 1 aliphatic heterocycles. The fourth-order valence-electron chi connectivity index (χ4n) is 3.21. The third kappa shape index (κ3) is 4.51. The Balaban J connectivity index is 1.84. The number of hydrogen-bond donors (Lipinski definition) is 1. The molecule has 0 fully saturated rings. The van der Waals surface area contributed by atoms with Gasteiger partial charge in [-0.25, -0.2) is 4.79 Å². The third-order valence-electron chi connectivity index (χ3n) is 4.38. The number of carbonyl (C=O) groups excluding carboxylic acids is 1. The second-order valence-corrected chi connectivity index (χ2v) is 7.52. The maximum Gasteiger partial charge on any atom is 0.407 e. The summed E-state index contributed by atoms with van der Waals surface area (Å²) < 4.78 is 16.8. The van der Waals surface area contributed by atoms with Gasteiger partial charge in [0, 0.05) is 29.8 Å². The van der Waals surface area contributed by atoms with Gasteiger partial charge in [-0.15, -0.1) is 0 Å². The van der Waals surface area contributed by atoms with E-state index in [2.05, 4.69) is 10.3 Å². The zero-order valence-corrected chi connectivity index (χ0v) is 16.2. The number of rotatable bonds is 4. The van der Waals surface area contributed by atoms with E-state index in [9.17, 15) is 4.79 Å². The van der Waals surface area contributed by atoms with Gasteiger partial charge in [0.25, 0.3) is 0 Å². The standard InChI is InChI=1S/C21H26N2O4/c1-21(2,3)27-20(24)23-12-14-9-11-26-19-15(14)6-5-7-17(19)16-8-10-22-13-18(16)25-4/h5-8,10,13-14H,9,11-12H2,1-4H3,(H,23,24)/t14-/m0/s1. The van der Waals surface area contributed by atoms with Crippen molar-refractivity contribution in [3.8, 4) is 22.6 Å². The summed E-state index contributed by atoms with van der Waals surface area (Å²) in [6.45, 7) is 6.65. The number of methoxy groups -OCH3 is 1. The van der Waals surface area contributed by atoms with E-state index in [4.69, 9.17) is 14.2 Å². The second-order valence-electron chi connectivity index (χ2n) is 7.52. The Kier molecular flexibility index (Phi) is 5.54. The molecule has 3 rings (SSSR count). The van der Waals surface area contributed by atoms with E-state index in [1.54, 1.807) is 19.5 Å². The van der Waals surface area contributed by atoms with E-state index in [1.807, 2.05) is 45.0 Å². The molecule has 2 heterocycles. The molecule has 1 aromatic heterocycles. The molecule has 0 radical (unpaired) electrons. The first-order valence-corrected chi connectivity index (χ1v) is 9.10. The number of benzene rings is 1. The number of pyridine rings is 1. The number of nitrogens with zero attached hydrogens (tertiary/aromatic N) is 1. The van der Waals surface area contributed by atoms with Crippen molar-refractivity contribution in [2.45, 2.75) is 38.7 Å². The molecule has 1 N–H and O–H groups in total. The molecular formula is C21H26N2O4. The molecule has 6 heteroatoms. The lowest BCUT2D eigenvalue weighted by atomic mass is 9.89. The normalized spacial score (nSPS) is 16.1. The Hall–Kier alpha value is -2.76. The van der Waals surface area contributed by atoms with Crippen molar-refractivity contribution in [1.29, 1.82) is 0 Å². The van der Waals surface area contributed by atoms with Gasteiger partial charge in [-0.1, -0.05) is 18.2 Å². The molecule has 2 aromatic rings. The number of aromatic nitrogens is 1. The van der Waals surface area contributed by atoms with Crippen molar-refractivity contribution in [3.05, 3.63) is 42.2 Å². The first-order chi connectivity index (χ1) is 12.9. The Labute approximate surface area is 159 Å². The molecule has 1 aliphatic rings. The lowest BCUT2D eigenvalue weighted by Gasteiger charge is -2.28. The number of amides is 1. The molecule has 0 unspecified atom stereocenters. The minimum atomic E-state index is -0.511. The minimum Gasteiger partial charge on any atom is -0.494 e. The van der Waals surface area contributed by atoms with E-state index in [-0.39, 0.29) is 5.92 Å². The lowest BCUT2D eigenvalue weighted by molar-refractivity contribution is 0.0521. The van der Waals surface area contributed by atoms with Crippen LogP contribution in [0.1, 0.15) is 38.7 Å². The Morgan fingerprint density at radius 2 is 2.11 bits per heavy atom. The predicted octanol–water partition coefficient (Wildman–Crippen LogP) is 4.15. The van der Waals surface area contributed by atoms with Crippen LogP contribution in [0.2, 0.25) is 0 Å². The molecule has 1 atom stereocenters. The van der Waals surface area contributed by atoms with Crippen molar-refractivity contribution >= 4 is 6.09 Å². The summed E-state index contributed by atoms with van der Waals surface area (Å²) in [5, 5.41) is 2.88. The van der Waals surface area contributed by atoms with E-state index >= 15 is 0 Å². The van der Waals surface area contributed by atoms with Crippen molar-refractivity contribution in [3.63, 3.8) is 0 Å². The van der Waals surface area contributed by atoms with Crippen molar-refractivity contribution in [1.82, 2.24) is 10.3 Å². The topological polar surface area (TPSA) is 69.7 Å². The number of nitrogens with one attached hydrogen (secondary N) is 1. The molecule has 0 saturated carbocycles. The van der Waals surface area contributed by atoms with Crippen LogP contribution < -0.4 is 14.8 Å². The second kappa shape index (κ2) is 7.86. The van der Waals surface area contributed by atoms with Crippen LogP contribution in [0.4, 0.5) is 4.79 Å². The van der Waals surface area contributed by atoms with E-state index in [0.717, 1.165) is 28.9 Å². The maximum atomic E-state index is 12.0. The van der Waals surface area contributed by atoms with Crippen molar-refractivity contribution in [2.24, 2.45) is 0 Å². The maximum absolute atomic E-state index is 12.0. The van der Waals surface area contributed by atoms with Gasteiger partial charge in [0.1, 0.15) is 17.1 Å². The molecule has 1 amide bonds. The fraction of sp³-hybridized carbons (Fsp3) is 0.429. The number of fused-ring (bicyclic) bond motifs is 1. The van der Waals surface area contributed by atoms with Crippen LogP contribution in [0.3, 0.4) is 0 Å². The average Bonchev–Trinajstić information content (AvgIpc) is 2.64. The molecular weight excluding hydrogens is 344 g/mol. The fourth-order valence-corrected chi connectivity index (χ4v) is 3.21.